The van der Waals surface area contributed by atoms with Crippen molar-refractivity contribution in [2.75, 3.05) is 0 Å². The number of hydrogen-bond acceptors (Lipinski definition) is 2. The van der Waals surface area contributed by atoms with Gasteiger partial charge in [-0.3, -0.25) is 4.79 Å². The molecule has 1 aromatic heterocycles. The monoisotopic (exact) mass is 286 g/mol. The Bertz CT molecular complexity index is 369. The fourth-order valence-corrected chi connectivity index (χ4v) is 3.88. The number of thiophene rings is 1. The van der Waals surface area contributed by atoms with E-state index in [1.807, 2.05) is 13.0 Å². The van der Waals surface area contributed by atoms with Crippen LogP contribution in [0, 0.1) is 12.3 Å². The smallest absolute Gasteiger partial charge is 0.178 e. The van der Waals surface area contributed by atoms with Crippen LogP contribution >= 0.6 is 27.3 Å². The molecule has 2 rings (SSSR count). The summed E-state index contributed by atoms with van der Waals surface area (Å²) in [6.45, 7) is 4.16. The topological polar surface area (TPSA) is 17.1 Å². The summed E-state index contributed by atoms with van der Waals surface area (Å²) in [6.07, 6.45) is 4.52. The van der Waals surface area contributed by atoms with E-state index in [9.17, 15) is 4.79 Å². The van der Waals surface area contributed by atoms with Gasteiger partial charge in [-0.25, -0.2) is 0 Å². The Labute approximate surface area is 103 Å². The average molecular weight is 287 g/mol. The van der Waals surface area contributed by atoms with Gasteiger partial charge in [-0.05, 0) is 41.8 Å². The number of Topliss-reactive ketones (excluding diaryl/α,β-unsaturated/α-hetero) is 1. The molecule has 0 aliphatic heterocycles. The minimum Gasteiger partial charge on any atom is -0.293 e. The number of rotatable bonds is 2. The normalized spacial score (nSPS) is 19.4. The highest BCUT2D eigenvalue weighted by atomic mass is 79.9. The number of hydrogen-bond donors (Lipinski definition) is 0. The third-order valence-electron chi connectivity index (χ3n) is 3.34. The Morgan fingerprint density at radius 2 is 2.07 bits per heavy atom. The molecule has 1 nitrogen and oxygen atoms in total. The molecule has 0 unspecified atom stereocenters. The van der Waals surface area contributed by atoms with E-state index in [0.717, 1.165) is 22.2 Å². The second-order valence-corrected chi connectivity index (χ2v) is 6.72. The molecule has 0 aromatic carbocycles. The minimum absolute atomic E-state index is 0.0866. The zero-order valence-electron chi connectivity index (χ0n) is 9.10. The molecule has 0 saturated heterocycles. The number of aryl methyl sites for hydroxylation is 1. The second-order valence-electron chi connectivity index (χ2n) is 4.61. The summed E-state index contributed by atoms with van der Waals surface area (Å²) in [4.78, 5) is 14.4. The maximum Gasteiger partial charge on any atom is 0.178 e. The van der Waals surface area contributed by atoms with Crippen LogP contribution in [0.1, 0.15) is 47.2 Å². The highest BCUT2D eigenvalue weighted by Gasteiger charge is 2.37. The van der Waals surface area contributed by atoms with Crippen LogP contribution < -0.4 is 0 Å². The van der Waals surface area contributed by atoms with Gasteiger partial charge in [-0.15, -0.1) is 11.3 Å². The fraction of sp³-hybridized carbons (Fsp3) is 0.583. The lowest BCUT2D eigenvalue weighted by molar-refractivity contribution is 0.0828. The Morgan fingerprint density at radius 3 is 2.53 bits per heavy atom. The molecule has 0 amide bonds. The van der Waals surface area contributed by atoms with E-state index in [0.29, 0.717) is 5.78 Å². The molecule has 1 heterocycles. The van der Waals surface area contributed by atoms with E-state index in [1.54, 1.807) is 11.3 Å². The molecule has 1 aromatic rings. The van der Waals surface area contributed by atoms with Crippen LogP contribution in [0.25, 0.3) is 0 Å². The van der Waals surface area contributed by atoms with Crippen molar-refractivity contribution in [2.45, 2.75) is 39.5 Å². The molecule has 1 aliphatic rings. The molecule has 0 radical (unpaired) electrons. The first-order valence-corrected chi connectivity index (χ1v) is 6.95. The van der Waals surface area contributed by atoms with Gasteiger partial charge >= 0.3 is 0 Å². The zero-order valence-corrected chi connectivity index (χ0v) is 11.5. The Kier molecular flexibility index (Phi) is 3.04. The highest BCUT2D eigenvalue weighted by Crippen LogP contribution is 2.42. The molecule has 1 fully saturated rings. The van der Waals surface area contributed by atoms with Crippen molar-refractivity contribution >= 4 is 33.0 Å². The van der Waals surface area contributed by atoms with Crippen LogP contribution in [-0.2, 0) is 0 Å². The summed E-state index contributed by atoms with van der Waals surface area (Å²) in [7, 11) is 0. The predicted octanol–water partition coefficient (Wildman–Crippen LogP) is 4.58. The number of ketones is 1. The first-order chi connectivity index (χ1) is 7.03. The molecule has 0 atom stereocenters. The van der Waals surface area contributed by atoms with Gasteiger partial charge < -0.3 is 0 Å². The Balaban J connectivity index is 2.27. The average Bonchev–Trinajstić information content (AvgIpc) is 2.75. The van der Waals surface area contributed by atoms with Crippen molar-refractivity contribution in [1.82, 2.24) is 0 Å². The van der Waals surface area contributed by atoms with Crippen molar-refractivity contribution in [3.05, 3.63) is 20.3 Å². The summed E-state index contributed by atoms with van der Waals surface area (Å²) in [6, 6.07) is 1.98. The Hall–Kier alpha value is -0.150. The van der Waals surface area contributed by atoms with Crippen LogP contribution in [0.15, 0.2) is 10.5 Å². The van der Waals surface area contributed by atoms with Gasteiger partial charge in [-0.2, -0.15) is 0 Å². The lowest BCUT2D eigenvalue weighted by Crippen LogP contribution is -2.23. The molecule has 0 bridgehead atoms. The SMILES string of the molecule is Cc1sc(C(=O)C2(C)CCCC2)cc1Br. The first-order valence-electron chi connectivity index (χ1n) is 5.34. The molecule has 1 aliphatic carbocycles. The summed E-state index contributed by atoms with van der Waals surface area (Å²) in [5.74, 6) is 0.346. The Morgan fingerprint density at radius 1 is 1.47 bits per heavy atom. The van der Waals surface area contributed by atoms with Gasteiger partial charge in [0.05, 0.1) is 4.88 Å². The standard InChI is InChI=1S/C12H15BrOS/c1-8-9(13)7-10(15-8)11(14)12(2)5-3-4-6-12/h7H,3-6H2,1-2H3. The maximum absolute atomic E-state index is 12.3. The van der Waals surface area contributed by atoms with Crippen LogP contribution in [0.4, 0.5) is 0 Å². The molecule has 82 valence electrons. The second kappa shape index (κ2) is 4.02. The van der Waals surface area contributed by atoms with Crippen molar-refractivity contribution < 1.29 is 4.79 Å². The molecule has 1 saturated carbocycles. The van der Waals surface area contributed by atoms with Crippen LogP contribution in [0.5, 0.6) is 0 Å². The van der Waals surface area contributed by atoms with Crippen molar-refractivity contribution in [3.8, 4) is 0 Å². The van der Waals surface area contributed by atoms with Gasteiger partial charge in [-0.1, -0.05) is 19.8 Å². The molecular formula is C12H15BrOS. The highest BCUT2D eigenvalue weighted by molar-refractivity contribution is 9.10. The summed E-state index contributed by atoms with van der Waals surface area (Å²) in [5.41, 5.74) is -0.0866. The van der Waals surface area contributed by atoms with Gasteiger partial charge in [0.1, 0.15) is 0 Å². The van der Waals surface area contributed by atoms with Crippen molar-refractivity contribution in [1.29, 1.82) is 0 Å². The minimum atomic E-state index is -0.0866. The number of carbonyl (C=O) groups is 1. The van der Waals surface area contributed by atoms with E-state index >= 15 is 0 Å². The third-order valence-corrected chi connectivity index (χ3v) is 5.47. The first kappa shape index (κ1) is 11.3. The maximum atomic E-state index is 12.3. The molecule has 3 heteroatoms. The van der Waals surface area contributed by atoms with E-state index in [-0.39, 0.29) is 5.41 Å². The van der Waals surface area contributed by atoms with E-state index in [2.05, 4.69) is 22.9 Å². The number of carbonyl (C=O) groups excluding carboxylic acids is 1. The molecule has 0 spiro atoms. The lowest BCUT2D eigenvalue weighted by Gasteiger charge is -2.20. The third kappa shape index (κ3) is 2.04. The summed E-state index contributed by atoms with van der Waals surface area (Å²) in [5, 5.41) is 0. The summed E-state index contributed by atoms with van der Waals surface area (Å²) >= 11 is 5.08. The largest absolute Gasteiger partial charge is 0.293 e. The van der Waals surface area contributed by atoms with Crippen molar-refractivity contribution in [2.24, 2.45) is 5.41 Å². The van der Waals surface area contributed by atoms with E-state index in [4.69, 9.17) is 0 Å². The number of halogens is 1. The van der Waals surface area contributed by atoms with Crippen LogP contribution in [0.2, 0.25) is 0 Å². The fourth-order valence-electron chi connectivity index (χ4n) is 2.25. The molecule has 15 heavy (non-hydrogen) atoms. The molecular weight excluding hydrogens is 272 g/mol. The zero-order chi connectivity index (χ0) is 11.1. The van der Waals surface area contributed by atoms with E-state index < -0.39 is 0 Å². The van der Waals surface area contributed by atoms with Crippen LogP contribution in [0.3, 0.4) is 0 Å². The van der Waals surface area contributed by atoms with Gasteiger partial charge in [0.25, 0.3) is 0 Å². The predicted molar refractivity (Wildman–Crippen MR) is 67.7 cm³/mol. The van der Waals surface area contributed by atoms with Crippen molar-refractivity contribution in [3.63, 3.8) is 0 Å². The van der Waals surface area contributed by atoms with Crippen LogP contribution in [-0.4, -0.2) is 5.78 Å². The van der Waals surface area contributed by atoms with E-state index in [1.165, 1.54) is 17.7 Å². The van der Waals surface area contributed by atoms with Gasteiger partial charge in [0.2, 0.25) is 0 Å². The van der Waals surface area contributed by atoms with Gasteiger partial charge in [0.15, 0.2) is 5.78 Å². The quantitative estimate of drug-likeness (QED) is 0.727. The van der Waals surface area contributed by atoms with Gasteiger partial charge in [0, 0.05) is 14.8 Å². The summed E-state index contributed by atoms with van der Waals surface area (Å²) < 4.78 is 1.07. The lowest BCUT2D eigenvalue weighted by atomic mass is 9.83. The molecule has 0 N–H and O–H groups in total.